The van der Waals surface area contributed by atoms with Crippen LogP contribution >= 0.6 is 0 Å². The lowest BCUT2D eigenvalue weighted by molar-refractivity contribution is 0.979. The minimum absolute atomic E-state index is 0.398. The van der Waals surface area contributed by atoms with E-state index in [0.717, 1.165) is 0 Å². The zero-order valence-electron chi connectivity index (χ0n) is 17.3. The van der Waals surface area contributed by atoms with E-state index in [2.05, 4.69) is 128 Å². The molecule has 0 fully saturated rings. The molecule has 146 valence electrons. The lowest BCUT2D eigenvalue weighted by atomic mass is 9.98. The fraction of sp³-hybridized carbons (Fsp3) is 0.0645. The number of benzene rings is 4. The summed E-state index contributed by atoms with van der Waals surface area (Å²) in [5, 5.41) is 0. The lowest BCUT2D eigenvalue weighted by Crippen LogP contribution is -1.94. The van der Waals surface area contributed by atoms with E-state index in [9.17, 15) is 0 Å². The molecular formula is C31H23+. The summed E-state index contributed by atoms with van der Waals surface area (Å²) in [7, 11) is 0. The summed E-state index contributed by atoms with van der Waals surface area (Å²) < 4.78 is 0. The Bertz CT molecular complexity index is 1060. The van der Waals surface area contributed by atoms with E-state index >= 15 is 0 Å². The normalized spacial score (nSPS) is 15.9. The standard InChI is InChI=1S/C31H23/c1-5-13-22(14-6-1)28-26(29(28)23-15-7-2-8-16-23)21-27-30(24-17-9-3-10-18-24)31(27)25-19-11-4-12-20-25/h1-21,26-27H/q+1. The van der Waals surface area contributed by atoms with Crippen LogP contribution in [0.4, 0.5) is 0 Å². The Morgan fingerprint density at radius 2 is 0.548 bits per heavy atom. The first-order valence-corrected chi connectivity index (χ1v) is 11.0. The second-order valence-corrected chi connectivity index (χ2v) is 8.27. The highest BCUT2D eigenvalue weighted by atomic mass is 14.5. The quantitative estimate of drug-likeness (QED) is 0.294. The van der Waals surface area contributed by atoms with Crippen molar-refractivity contribution in [1.29, 1.82) is 0 Å². The van der Waals surface area contributed by atoms with Gasteiger partial charge in [0, 0.05) is 22.3 Å². The van der Waals surface area contributed by atoms with Crippen molar-refractivity contribution < 1.29 is 0 Å². The van der Waals surface area contributed by atoms with Crippen molar-refractivity contribution >= 4 is 22.3 Å². The molecule has 4 aromatic rings. The van der Waals surface area contributed by atoms with Crippen molar-refractivity contribution in [2.24, 2.45) is 11.8 Å². The Morgan fingerprint density at radius 3 is 0.774 bits per heavy atom. The van der Waals surface area contributed by atoms with Crippen LogP contribution in [-0.4, -0.2) is 0 Å². The highest BCUT2D eigenvalue weighted by Gasteiger charge is 2.54. The van der Waals surface area contributed by atoms with Gasteiger partial charge in [0.05, 0.1) is 0 Å². The fourth-order valence-electron chi connectivity index (χ4n) is 4.87. The molecule has 0 aromatic heterocycles. The molecule has 0 unspecified atom stereocenters. The molecule has 0 aliphatic heterocycles. The lowest BCUT2D eigenvalue weighted by Gasteiger charge is -1.98. The van der Waals surface area contributed by atoms with E-state index in [1.54, 1.807) is 0 Å². The molecule has 0 amide bonds. The van der Waals surface area contributed by atoms with Crippen LogP contribution in [0.25, 0.3) is 22.3 Å². The van der Waals surface area contributed by atoms with Gasteiger partial charge in [0.1, 0.15) is 6.42 Å². The van der Waals surface area contributed by atoms with E-state index in [1.807, 2.05) is 0 Å². The Morgan fingerprint density at radius 1 is 0.323 bits per heavy atom. The minimum atomic E-state index is 0.398. The van der Waals surface area contributed by atoms with Crippen molar-refractivity contribution in [3.8, 4) is 0 Å². The van der Waals surface area contributed by atoms with E-state index in [0.29, 0.717) is 11.8 Å². The zero-order chi connectivity index (χ0) is 20.6. The number of hydrogen-bond acceptors (Lipinski definition) is 0. The first-order chi connectivity index (χ1) is 15.4. The molecule has 0 atom stereocenters. The summed E-state index contributed by atoms with van der Waals surface area (Å²) >= 11 is 0. The molecule has 0 bridgehead atoms. The van der Waals surface area contributed by atoms with Crippen molar-refractivity contribution in [2.75, 3.05) is 0 Å². The molecule has 4 aromatic carbocycles. The van der Waals surface area contributed by atoms with E-state index in [4.69, 9.17) is 0 Å². The minimum Gasteiger partial charge on any atom is -0.0622 e. The Kier molecular flexibility index (Phi) is 4.35. The topological polar surface area (TPSA) is 0 Å². The van der Waals surface area contributed by atoms with Crippen LogP contribution in [-0.2, 0) is 0 Å². The van der Waals surface area contributed by atoms with Gasteiger partial charge in [0.2, 0.25) is 0 Å². The van der Waals surface area contributed by atoms with Gasteiger partial charge in [-0.25, -0.2) is 0 Å². The predicted octanol–water partition coefficient (Wildman–Crippen LogP) is 7.67. The van der Waals surface area contributed by atoms with Crippen LogP contribution in [0.2, 0.25) is 0 Å². The number of hydrogen-bond donors (Lipinski definition) is 0. The molecule has 2 aliphatic rings. The Balaban J connectivity index is 1.33. The average Bonchev–Trinajstić information content (AvgIpc) is 3.76. The van der Waals surface area contributed by atoms with Crippen LogP contribution in [0.5, 0.6) is 0 Å². The Labute approximate surface area is 184 Å². The van der Waals surface area contributed by atoms with Gasteiger partial charge in [-0.05, 0) is 22.3 Å². The van der Waals surface area contributed by atoms with E-state index in [1.165, 1.54) is 44.5 Å². The van der Waals surface area contributed by atoms with Crippen molar-refractivity contribution in [3.05, 3.63) is 150 Å². The van der Waals surface area contributed by atoms with Gasteiger partial charge in [0.15, 0.2) is 11.8 Å². The molecule has 0 N–H and O–H groups in total. The second kappa shape index (κ2) is 7.49. The maximum Gasteiger partial charge on any atom is 0.151 e. The molecule has 0 saturated heterocycles. The molecule has 0 radical (unpaired) electrons. The summed E-state index contributed by atoms with van der Waals surface area (Å²) in [4.78, 5) is 0. The highest BCUT2D eigenvalue weighted by Crippen LogP contribution is 2.62. The molecular weight excluding hydrogens is 372 g/mol. The van der Waals surface area contributed by atoms with Crippen molar-refractivity contribution in [3.63, 3.8) is 0 Å². The predicted molar refractivity (Wildman–Crippen MR) is 131 cm³/mol. The smallest absolute Gasteiger partial charge is 0.0622 e. The van der Waals surface area contributed by atoms with Crippen LogP contribution in [0.15, 0.2) is 121 Å². The average molecular weight is 396 g/mol. The van der Waals surface area contributed by atoms with Gasteiger partial charge < -0.3 is 0 Å². The number of allylic oxidation sites excluding steroid dienone is 4. The van der Waals surface area contributed by atoms with Gasteiger partial charge in [-0.1, -0.05) is 121 Å². The van der Waals surface area contributed by atoms with Gasteiger partial charge in [-0.15, -0.1) is 0 Å². The molecule has 2 aliphatic carbocycles. The van der Waals surface area contributed by atoms with Crippen LogP contribution in [0.3, 0.4) is 0 Å². The summed E-state index contributed by atoms with van der Waals surface area (Å²) in [5.41, 5.74) is 11.2. The third kappa shape index (κ3) is 3.31. The first-order valence-electron chi connectivity index (χ1n) is 11.0. The van der Waals surface area contributed by atoms with E-state index in [-0.39, 0.29) is 0 Å². The number of rotatable bonds is 6. The zero-order valence-corrected chi connectivity index (χ0v) is 17.3. The van der Waals surface area contributed by atoms with Gasteiger partial charge >= 0.3 is 0 Å². The van der Waals surface area contributed by atoms with Crippen LogP contribution < -0.4 is 0 Å². The fourth-order valence-corrected chi connectivity index (χ4v) is 4.87. The van der Waals surface area contributed by atoms with Gasteiger partial charge in [-0.3, -0.25) is 0 Å². The van der Waals surface area contributed by atoms with Gasteiger partial charge in [-0.2, -0.15) is 0 Å². The molecule has 0 spiro atoms. The highest BCUT2D eigenvalue weighted by molar-refractivity contribution is 6.16. The van der Waals surface area contributed by atoms with E-state index < -0.39 is 0 Å². The molecule has 0 heteroatoms. The van der Waals surface area contributed by atoms with Crippen LogP contribution in [0.1, 0.15) is 22.3 Å². The monoisotopic (exact) mass is 395 g/mol. The molecule has 0 nitrogen and oxygen atoms in total. The third-order valence-corrected chi connectivity index (χ3v) is 6.38. The van der Waals surface area contributed by atoms with Crippen molar-refractivity contribution in [2.45, 2.75) is 0 Å². The maximum atomic E-state index is 2.56. The first kappa shape index (κ1) is 18.0. The van der Waals surface area contributed by atoms with Gasteiger partial charge in [0.25, 0.3) is 0 Å². The molecule has 0 saturated carbocycles. The largest absolute Gasteiger partial charge is 0.151 e. The molecule has 31 heavy (non-hydrogen) atoms. The van der Waals surface area contributed by atoms with Crippen LogP contribution in [0, 0.1) is 18.3 Å². The SMILES string of the molecule is c1ccc(C2=C(c3ccccc3)C2[CH+]C2C(c3ccccc3)=C2c2ccccc2)cc1. The molecule has 6 rings (SSSR count). The maximum absolute atomic E-state index is 2.56. The summed E-state index contributed by atoms with van der Waals surface area (Å²) in [6.07, 6.45) is 2.56. The summed E-state index contributed by atoms with van der Waals surface area (Å²) in [6, 6.07) is 43.4. The summed E-state index contributed by atoms with van der Waals surface area (Å²) in [6.45, 7) is 0. The Hall–Kier alpha value is -3.77. The van der Waals surface area contributed by atoms with Crippen molar-refractivity contribution in [1.82, 2.24) is 0 Å². The molecule has 0 heterocycles. The second-order valence-electron chi connectivity index (χ2n) is 8.27. The summed E-state index contributed by atoms with van der Waals surface area (Å²) in [5.74, 6) is 0.796. The third-order valence-electron chi connectivity index (χ3n) is 6.38.